The maximum absolute atomic E-state index is 12.9. The van der Waals surface area contributed by atoms with Gasteiger partial charge in [-0.15, -0.1) is 0 Å². The molecule has 0 atom stereocenters. The molecule has 1 aromatic carbocycles. The van der Waals surface area contributed by atoms with Gasteiger partial charge in [0, 0.05) is 32.3 Å². The lowest BCUT2D eigenvalue weighted by molar-refractivity contribution is -0.419. The van der Waals surface area contributed by atoms with Gasteiger partial charge in [-0.1, -0.05) is 50.6 Å². The summed E-state index contributed by atoms with van der Waals surface area (Å²) >= 11 is 0. The van der Waals surface area contributed by atoms with Crippen molar-refractivity contribution in [2.75, 3.05) is 32.7 Å². The molecule has 0 aliphatic carbocycles. The Kier molecular flexibility index (Phi) is 15.4. The number of benzene rings is 1. The highest BCUT2D eigenvalue weighted by molar-refractivity contribution is 5.79. The van der Waals surface area contributed by atoms with Crippen LogP contribution in [-0.4, -0.2) is 59.7 Å². The molecule has 0 aromatic heterocycles. The van der Waals surface area contributed by atoms with Gasteiger partial charge in [0.15, 0.2) is 0 Å². The first-order valence-electron chi connectivity index (χ1n) is 12.6. The maximum atomic E-state index is 12.9. The van der Waals surface area contributed by atoms with Gasteiger partial charge in [0.2, 0.25) is 5.91 Å². The molecule has 0 radical (unpaired) electrons. The number of hydrogen-bond acceptors (Lipinski definition) is 6. The summed E-state index contributed by atoms with van der Waals surface area (Å²) in [6.45, 7) is 14.0. The van der Waals surface area contributed by atoms with Crippen molar-refractivity contribution in [1.29, 1.82) is 0 Å². The number of hydrogen-bond donors (Lipinski definition) is 2. The Hall–Kier alpha value is -3.30. The Morgan fingerprint density at radius 3 is 2.44 bits per heavy atom. The number of nitrogens with two attached hydrogens (primary N) is 1. The van der Waals surface area contributed by atoms with Gasteiger partial charge in [-0.05, 0) is 56.5 Å². The highest BCUT2D eigenvalue weighted by Gasteiger charge is 2.18. The topological polar surface area (TPSA) is 117 Å². The van der Waals surface area contributed by atoms with Crippen LogP contribution >= 0.6 is 0 Å². The molecule has 1 aliphatic rings. The highest BCUT2D eigenvalue weighted by atomic mass is 16.6. The lowest BCUT2D eigenvalue weighted by Gasteiger charge is -2.31. The van der Waals surface area contributed by atoms with E-state index in [1.54, 1.807) is 13.0 Å². The summed E-state index contributed by atoms with van der Waals surface area (Å²) in [5.74, 6) is 5.30. The van der Waals surface area contributed by atoms with Gasteiger partial charge < -0.3 is 15.2 Å². The fraction of sp³-hybridized carbons (Fsp3) is 0.481. The van der Waals surface area contributed by atoms with Crippen LogP contribution in [0.5, 0.6) is 0 Å². The van der Waals surface area contributed by atoms with Gasteiger partial charge >= 0.3 is 0 Å². The number of nitrogens with zero attached hydrogens (tertiary/aromatic N) is 4. The molecular weight excluding hydrogens is 456 g/mol. The molecule has 0 unspecified atom stereocenters. The summed E-state index contributed by atoms with van der Waals surface area (Å²) in [5.41, 5.74) is 4.99. The van der Waals surface area contributed by atoms with Crippen molar-refractivity contribution in [2.24, 2.45) is 10.8 Å². The van der Waals surface area contributed by atoms with E-state index in [4.69, 9.17) is 5.84 Å². The molecule has 0 spiro atoms. The molecule has 3 N–H and O–H groups in total. The van der Waals surface area contributed by atoms with Gasteiger partial charge in [-0.25, -0.2) is 10.8 Å². The fourth-order valence-corrected chi connectivity index (χ4v) is 3.55. The number of nitro groups is 1. The first-order chi connectivity index (χ1) is 17.3. The highest BCUT2D eigenvalue weighted by Crippen LogP contribution is 2.15. The molecule has 36 heavy (non-hydrogen) atoms. The SMILES string of the molecule is C=C(/C=C\C(=C/C)[N+](=O)[O-])CCN1CCCCN(C(=O)Cc2ccc(N=CNN)cc2)CC1.CCC. The lowest BCUT2D eigenvalue weighted by Crippen LogP contribution is -2.42. The summed E-state index contributed by atoms with van der Waals surface area (Å²) in [5, 5.41) is 10.9. The van der Waals surface area contributed by atoms with Crippen LogP contribution in [0.2, 0.25) is 0 Å². The average molecular weight is 499 g/mol. The zero-order valence-corrected chi connectivity index (χ0v) is 22.0. The number of aliphatic imine (C=N–C) groups is 1. The van der Waals surface area contributed by atoms with Crippen molar-refractivity contribution < 1.29 is 9.72 Å². The molecule has 1 fully saturated rings. The summed E-state index contributed by atoms with van der Waals surface area (Å²) < 4.78 is 0. The van der Waals surface area contributed by atoms with Crippen LogP contribution in [0.4, 0.5) is 5.69 Å². The molecule has 2 rings (SSSR count). The van der Waals surface area contributed by atoms with Crippen LogP contribution in [0, 0.1) is 10.1 Å². The molecule has 0 saturated carbocycles. The molecule has 1 aliphatic heterocycles. The Morgan fingerprint density at radius 1 is 1.17 bits per heavy atom. The van der Waals surface area contributed by atoms with E-state index >= 15 is 0 Å². The Labute approximate surface area is 215 Å². The largest absolute Gasteiger partial charge is 0.341 e. The minimum absolute atomic E-state index is 0.0616. The van der Waals surface area contributed by atoms with Gasteiger partial charge in [-0.2, -0.15) is 0 Å². The number of amides is 1. The van der Waals surface area contributed by atoms with Crippen LogP contribution in [0.3, 0.4) is 0 Å². The van der Waals surface area contributed by atoms with Crippen molar-refractivity contribution in [3.8, 4) is 0 Å². The molecule has 1 saturated heterocycles. The van der Waals surface area contributed by atoms with Crippen LogP contribution in [0.25, 0.3) is 0 Å². The third-order valence-electron chi connectivity index (χ3n) is 5.52. The number of nitrogens with one attached hydrogen (secondary N) is 1. The first kappa shape index (κ1) is 30.7. The molecular formula is C27H42N6O3. The Balaban J connectivity index is 0.00000205. The van der Waals surface area contributed by atoms with Crippen molar-refractivity contribution in [2.45, 2.75) is 52.9 Å². The zero-order valence-electron chi connectivity index (χ0n) is 22.0. The van der Waals surface area contributed by atoms with E-state index in [0.717, 1.165) is 62.3 Å². The molecule has 9 nitrogen and oxygen atoms in total. The van der Waals surface area contributed by atoms with Gasteiger partial charge in [0.25, 0.3) is 5.70 Å². The summed E-state index contributed by atoms with van der Waals surface area (Å²) in [6, 6.07) is 7.54. The number of carbonyl (C=O) groups excluding carboxylic acids is 1. The van der Waals surface area contributed by atoms with E-state index in [1.165, 1.54) is 24.9 Å². The molecule has 1 aromatic rings. The van der Waals surface area contributed by atoms with Gasteiger partial charge in [0.05, 0.1) is 17.0 Å². The molecule has 198 valence electrons. The van der Waals surface area contributed by atoms with Crippen LogP contribution in [0.1, 0.15) is 52.0 Å². The summed E-state index contributed by atoms with van der Waals surface area (Å²) in [4.78, 5) is 31.7. The minimum Gasteiger partial charge on any atom is -0.341 e. The van der Waals surface area contributed by atoms with Crippen molar-refractivity contribution in [3.05, 3.63) is 76.0 Å². The number of rotatable bonds is 10. The predicted octanol–water partition coefficient (Wildman–Crippen LogP) is 4.38. The fourth-order valence-electron chi connectivity index (χ4n) is 3.55. The van der Waals surface area contributed by atoms with E-state index < -0.39 is 4.92 Å². The van der Waals surface area contributed by atoms with Crippen LogP contribution < -0.4 is 11.3 Å². The first-order valence-corrected chi connectivity index (χ1v) is 12.6. The molecule has 9 heteroatoms. The number of carbonyl (C=O) groups is 1. The molecule has 1 heterocycles. The second-order valence-electron chi connectivity index (χ2n) is 8.62. The Morgan fingerprint density at radius 2 is 1.83 bits per heavy atom. The lowest BCUT2D eigenvalue weighted by atomic mass is 10.1. The third kappa shape index (κ3) is 12.4. The maximum Gasteiger partial charge on any atom is 0.265 e. The van der Waals surface area contributed by atoms with Crippen LogP contribution in [-0.2, 0) is 11.2 Å². The van der Waals surface area contributed by atoms with E-state index in [0.29, 0.717) is 13.0 Å². The smallest absolute Gasteiger partial charge is 0.265 e. The van der Waals surface area contributed by atoms with E-state index in [1.807, 2.05) is 29.2 Å². The van der Waals surface area contributed by atoms with Gasteiger partial charge in [-0.3, -0.25) is 14.9 Å². The van der Waals surface area contributed by atoms with Crippen molar-refractivity contribution >= 4 is 17.9 Å². The monoisotopic (exact) mass is 498 g/mol. The Bertz CT molecular complexity index is 909. The zero-order chi connectivity index (χ0) is 26.8. The number of allylic oxidation sites excluding steroid dienone is 3. The molecule has 0 bridgehead atoms. The van der Waals surface area contributed by atoms with E-state index in [-0.39, 0.29) is 11.6 Å². The van der Waals surface area contributed by atoms with E-state index in [2.05, 4.69) is 35.7 Å². The quantitative estimate of drug-likeness (QED) is 0.123. The minimum atomic E-state index is -0.407. The standard InChI is InChI=1S/C24H34N6O3.C3H8/c1-3-23(30(32)33)11-6-20(2)12-15-28-13-4-5-14-29(17-16-28)24(31)18-21-7-9-22(10-8-21)26-19-27-25;1-3-2/h3,6-11,19H,2,4-5,12-18,25H2,1H3,(H,26,27);3H2,1-2H3/b11-6-,23-3+;. The summed E-state index contributed by atoms with van der Waals surface area (Å²) in [6.07, 6.45) is 10.4. The molecule has 1 amide bonds. The second kappa shape index (κ2) is 18.0. The predicted molar refractivity (Wildman–Crippen MR) is 147 cm³/mol. The van der Waals surface area contributed by atoms with Crippen molar-refractivity contribution in [3.63, 3.8) is 0 Å². The average Bonchev–Trinajstić information content (AvgIpc) is 2.83. The van der Waals surface area contributed by atoms with Crippen molar-refractivity contribution in [1.82, 2.24) is 15.2 Å². The van der Waals surface area contributed by atoms with E-state index in [9.17, 15) is 14.9 Å². The number of hydrazine groups is 1. The third-order valence-corrected chi connectivity index (χ3v) is 5.52. The second-order valence-corrected chi connectivity index (χ2v) is 8.62. The normalized spacial score (nSPS) is 15.2. The van der Waals surface area contributed by atoms with Crippen LogP contribution in [0.15, 0.2) is 65.3 Å². The summed E-state index contributed by atoms with van der Waals surface area (Å²) in [7, 11) is 0. The van der Waals surface area contributed by atoms with Gasteiger partial charge in [0.1, 0.15) is 6.34 Å².